The third-order valence-corrected chi connectivity index (χ3v) is 5.50. The molecule has 2 aromatic rings. The molecule has 1 amide bonds. The molecule has 0 radical (unpaired) electrons. The van der Waals surface area contributed by atoms with Crippen LogP contribution in [0.25, 0.3) is 0 Å². The van der Waals surface area contributed by atoms with Crippen molar-refractivity contribution in [1.82, 2.24) is 4.72 Å². The van der Waals surface area contributed by atoms with Crippen molar-refractivity contribution in [2.75, 3.05) is 19.0 Å². The molecule has 8 heteroatoms. The zero-order valence-electron chi connectivity index (χ0n) is 13.5. The average molecular weight is 368 g/mol. The first-order chi connectivity index (χ1) is 11.5. The third kappa shape index (κ3) is 4.56. The van der Waals surface area contributed by atoms with Crippen LogP contribution in [0.3, 0.4) is 0 Å². The Morgan fingerprint density at radius 3 is 2.79 bits per heavy atom. The van der Waals surface area contributed by atoms with Crippen LogP contribution >= 0.6 is 11.3 Å². The van der Waals surface area contributed by atoms with Gasteiger partial charge in [-0.3, -0.25) is 4.79 Å². The lowest BCUT2D eigenvalue weighted by atomic mass is 10.2. The van der Waals surface area contributed by atoms with Crippen molar-refractivity contribution in [2.45, 2.75) is 24.7 Å². The number of sulfonamides is 1. The molecule has 0 atom stereocenters. The molecule has 1 aromatic carbocycles. The fourth-order valence-electron chi connectivity index (χ4n) is 2.01. The van der Waals surface area contributed by atoms with Gasteiger partial charge in [-0.2, -0.15) is 0 Å². The van der Waals surface area contributed by atoms with Gasteiger partial charge in [0, 0.05) is 23.0 Å². The molecule has 0 saturated carbocycles. The number of rotatable bonds is 8. The second-order valence-electron chi connectivity index (χ2n) is 5.09. The molecule has 0 aliphatic rings. The molecule has 130 valence electrons. The Labute approximate surface area is 145 Å². The summed E-state index contributed by atoms with van der Waals surface area (Å²) in [5.74, 6) is 0.143. The molecule has 0 fully saturated rings. The van der Waals surface area contributed by atoms with E-state index in [0.29, 0.717) is 23.5 Å². The minimum atomic E-state index is -3.58. The summed E-state index contributed by atoms with van der Waals surface area (Å²) in [5, 5.41) is 6.11. The van der Waals surface area contributed by atoms with Gasteiger partial charge in [0.05, 0.1) is 17.6 Å². The van der Waals surface area contributed by atoms with E-state index in [1.165, 1.54) is 30.6 Å². The van der Waals surface area contributed by atoms with Crippen molar-refractivity contribution in [1.29, 1.82) is 0 Å². The average Bonchev–Trinajstić information content (AvgIpc) is 3.04. The highest BCUT2D eigenvalue weighted by Gasteiger charge is 2.16. The lowest BCUT2D eigenvalue weighted by Crippen LogP contribution is -2.24. The Morgan fingerprint density at radius 1 is 1.29 bits per heavy atom. The summed E-state index contributed by atoms with van der Waals surface area (Å²) < 4.78 is 32.1. The first-order valence-corrected chi connectivity index (χ1v) is 9.91. The number of thiophene rings is 1. The number of nitrogens with one attached hydrogen (secondary N) is 2. The van der Waals surface area contributed by atoms with Gasteiger partial charge in [0.15, 0.2) is 0 Å². The van der Waals surface area contributed by atoms with E-state index in [9.17, 15) is 13.2 Å². The van der Waals surface area contributed by atoms with Crippen LogP contribution in [-0.2, 0) is 10.0 Å². The van der Waals surface area contributed by atoms with Gasteiger partial charge in [0.1, 0.15) is 5.75 Å². The molecule has 2 N–H and O–H groups in total. The maximum Gasteiger partial charge on any atom is 0.260 e. The zero-order chi connectivity index (χ0) is 17.6. The minimum Gasteiger partial charge on any atom is -0.495 e. The Morgan fingerprint density at radius 2 is 2.08 bits per heavy atom. The summed E-state index contributed by atoms with van der Waals surface area (Å²) in [6.07, 6.45) is 1.68. The number of benzene rings is 1. The van der Waals surface area contributed by atoms with Crippen LogP contribution in [0, 0.1) is 0 Å². The highest BCUT2D eigenvalue weighted by Crippen LogP contribution is 2.24. The molecular formula is C16H20N2O4S2. The van der Waals surface area contributed by atoms with Gasteiger partial charge in [-0.25, -0.2) is 13.1 Å². The minimum absolute atomic E-state index is 0.119. The molecule has 0 aliphatic carbocycles. The van der Waals surface area contributed by atoms with Crippen LogP contribution in [0.1, 0.15) is 30.1 Å². The molecule has 1 heterocycles. The number of anilines is 1. The second-order valence-corrected chi connectivity index (χ2v) is 7.60. The fourth-order valence-corrected chi connectivity index (χ4v) is 3.91. The number of carbonyl (C=O) groups is 1. The summed E-state index contributed by atoms with van der Waals surface area (Å²) >= 11 is 1.36. The summed E-state index contributed by atoms with van der Waals surface area (Å²) in [6.45, 7) is 2.38. The van der Waals surface area contributed by atoms with Crippen LogP contribution in [0.5, 0.6) is 5.75 Å². The first-order valence-electron chi connectivity index (χ1n) is 7.49. The molecule has 2 rings (SSSR count). The van der Waals surface area contributed by atoms with Crippen LogP contribution in [0.2, 0.25) is 0 Å². The Balaban J connectivity index is 2.14. The van der Waals surface area contributed by atoms with E-state index in [1.54, 1.807) is 22.9 Å². The van der Waals surface area contributed by atoms with Crippen LogP contribution in [0.4, 0.5) is 5.69 Å². The lowest BCUT2D eigenvalue weighted by molar-refractivity contribution is 0.102. The highest BCUT2D eigenvalue weighted by atomic mass is 32.2. The topological polar surface area (TPSA) is 84.5 Å². The summed E-state index contributed by atoms with van der Waals surface area (Å²) in [6, 6.07) is 6.16. The summed E-state index contributed by atoms with van der Waals surface area (Å²) in [5.41, 5.74) is 0.823. The molecule has 24 heavy (non-hydrogen) atoms. The predicted molar refractivity (Wildman–Crippen MR) is 95.4 cm³/mol. The van der Waals surface area contributed by atoms with Crippen molar-refractivity contribution in [3.8, 4) is 5.75 Å². The normalized spacial score (nSPS) is 11.2. The molecule has 0 saturated heterocycles. The SMILES string of the molecule is CCCCNS(=O)(=O)c1cccc(NC(=O)c2cscc2OC)c1. The van der Waals surface area contributed by atoms with Crippen molar-refractivity contribution in [3.63, 3.8) is 0 Å². The van der Waals surface area contributed by atoms with E-state index >= 15 is 0 Å². The molecule has 0 spiro atoms. The van der Waals surface area contributed by atoms with Gasteiger partial charge in [-0.15, -0.1) is 11.3 Å². The van der Waals surface area contributed by atoms with E-state index in [4.69, 9.17) is 4.74 Å². The van der Waals surface area contributed by atoms with Gasteiger partial charge < -0.3 is 10.1 Å². The van der Waals surface area contributed by atoms with E-state index in [0.717, 1.165) is 12.8 Å². The largest absolute Gasteiger partial charge is 0.495 e. The molecule has 1 aromatic heterocycles. The summed E-state index contributed by atoms with van der Waals surface area (Å²) in [4.78, 5) is 12.4. The third-order valence-electron chi connectivity index (χ3n) is 3.32. The van der Waals surface area contributed by atoms with Gasteiger partial charge in [0.25, 0.3) is 5.91 Å². The van der Waals surface area contributed by atoms with Gasteiger partial charge in [-0.1, -0.05) is 19.4 Å². The van der Waals surface area contributed by atoms with E-state index in [-0.39, 0.29) is 10.8 Å². The molecule has 6 nitrogen and oxygen atoms in total. The Bertz CT molecular complexity index is 800. The zero-order valence-corrected chi connectivity index (χ0v) is 15.2. The quantitative estimate of drug-likeness (QED) is 0.701. The number of amides is 1. The monoisotopic (exact) mass is 368 g/mol. The number of carbonyl (C=O) groups excluding carboxylic acids is 1. The first kappa shape index (κ1) is 18.4. The van der Waals surface area contributed by atoms with Crippen LogP contribution < -0.4 is 14.8 Å². The van der Waals surface area contributed by atoms with E-state index < -0.39 is 10.0 Å². The number of hydrogen-bond donors (Lipinski definition) is 2. The smallest absolute Gasteiger partial charge is 0.260 e. The standard InChI is InChI=1S/C16H20N2O4S2/c1-3-4-8-17-24(20,21)13-7-5-6-12(9-13)18-16(19)14-10-23-11-15(14)22-2/h5-7,9-11,17H,3-4,8H2,1-2H3,(H,18,19). The molecule has 0 bridgehead atoms. The second kappa shape index (κ2) is 8.27. The van der Waals surface area contributed by atoms with Crippen molar-refractivity contribution in [3.05, 3.63) is 40.6 Å². The van der Waals surface area contributed by atoms with Crippen LogP contribution in [0.15, 0.2) is 39.9 Å². The van der Waals surface area contributed by atoms with Crippen molar-refractivity contribution in [2.24, 2.45) is 0 Å². The van der Waals surface area contributed by atoms with Gasteiger partial charge >= 0.3 is 0 Å². The predicted octanol–water partition coefficient (Wildman–Crippen LogP) is 3.09. The van der Waals surface area contributed by atoms with Gasteiger partial charge in [-0.05, 0) is 24.6 Å². The molecule has 0 unspecified atom stereocenters. The summed E-state index contributed by atoms with van der Waals surface area (Å²) in [7, 11) is -2.09. The molecular weight excluding hydrogens is 348 g/mol. The van der Waals surface area contributed by atoms with Crippen molar-refractivity contribution >= 4 is 33.0 Å². The molecule has 0 aliphatic heterocycles. The number of unbranched alkanes of at least 4 members (excludes halogenated alkanes) is 1. The fraction of sp³-hybridized carbons (Fsp3) is 0.312. The number of hydrogen-bond acceptors (Lipinski definition) is 5. The van der Waals surface area contributed by atoms with Crippen molar-refractivity contribution < 1.29 is 17.9 Å². The highest BCUT2D eigenvalue weighted by molar-refractivity contribution is 7.89. The van der Waals surface area contributed by atoms with Crippen LogP contribution in [-0.4, -0.2) is 28.0 Å². The lowest BCUT2D eigenvalue weighted by Gasteiger charge is -2.09. The Kier molecular flexibility index (Phi) is 6.36. The van der Waals surface area contributed by atoms with E-state index in [1.807, 2.05) is 6.92 Å². The Hall–Kier alpha value is -1.90. The number of methoxy groups -OCH3 is 1. The maximum absolute atomic E-state index is 12.3. The number of ether oxygens (including phenoxy) is 1. The van der Waals surface area contributed by atoms with Gasteiger partial charge in [0.2, 0.25) is 10.0 Å². The maximum atomic E-state index is 12.3. The van der Waals surface area contributed by atoms with E-state index in [2.05, 4.69) is 10.0 Å².